The molecule has 9 heteroatoms. The van der Waals surface area contributed by atoms with Gasteiger partial charge in [0.1, 0.15) is 9.96 Å². The third-order valence-electron chi connectivity index (χ3n) is 6.35. The normalized spacial score (nSPS) is 17.4. The maximum atomic E-state index is 13.4. The number of carbonyl (C=O) groups excluding carboxylic acids is 1. The lowest BCUT2D eigenvalue weighted by atomic mass is 10.0. The van der Waals surface area contributed by atoms with Gasteiger partial charge in [-0.3, -0.25) is 4.79 Å². The van der Waals surface area contributed by atoms with E-state index >= 15 is 0 Å². The van der Waals surface area contributed by atoms with Crippen molar-refractivity contribution < 1.29 is 17.9 Å². The third-order valence-corrected chi connectivity index (χ3v) is 9.80. The summed E-state index contributed by atoms with van der Waals surface area (Å²) in [5, 5.41) is 3.62. The highest BCUT2D eigenvalue weighted by molar-refractivity contribution is 7.91. The van der Waals surface area contributed by atoms with E-state index in [0.29, 0.717) is 46.6 Å². The van der Waals surface area contributed by atoms with E-state index in [0.717, 1.165) is 30.7 Å². The minimum absolute atomic E-state index is 0.337. The number of hydrogen-bond donors (Lipinski definition) is 2. The van der Waals surface area contributed by atoms with Gasteiger partial charge in [-0.1, -0.05) is 32.3 Å². The van der Waals surface area contributed by atoms with E-state index in [1.165, 1.54) is 37.0 Å². The van der Waals surface area contributed by atoms with Gasteiger partial charge in [0.15, 0.2) is 0 Å². The Labute approximate surface area is 207 Å². The fraction of sp³-hybridized carbons (Fsp3) is 0.560. The summed E-state index contributed by atoms with van der Waals surface area (Å²) in [6.07, 6.45) is 7.97. The fourth-order valence-electron chi connectivity index (χ4n) is 4.44. The predicted molar refractivity (Wildman–Crippen MR) is 137 cm³/mol. The average Bonchev–Trinajstić information content (AvgIpc) is 3.16. The van der Waals surface area contributed by atoms with Crippen molar-refractivity contribution in [1.82, 2.24) is 9.62 Å². The number of nitrogens with zero attached hydrogens (tertiary/aromatic N) is 1. The number of primary amides is 1. The molecule has 1 amide bonds. The van der Waals surface area contributed by atoms with Gasteiger partial charge in [0, 0.05) is 41.6 Å². The van der Waals surface area contributed by atoms with Crippen LogP contribution in [0.3, 0.4) is 0 Å². The molecule has 188 valence electrons. The molecular formula is C25H37N3O4S2. The van der Waals surface area contributed by atoms with Crippen molar-refractivity contribution in [1.29, 1.82) is 0 Å². The molecule has 1 aromatic heterocycles. The molecule has 7 nitrogen and oxygen atoms in total. The van der Waals surface area contributed by atoms with Crippen molar-refractivity contribution in [3.63, 3.8) is 0 Å². The fourth-order valence-corrected chi connectivity index (χ4v) is 7.45. The molecule has 0 aliphatic carbocycles. The summed E-state index contributed by atoms with van der Waals surface area (Å²) >= 11 is 1.24. The molecule has 2 heterocycles. The number of ether oxygens (including phenoxy) is 1. The maximum Gasteiger partial charge on any atom is 0.252 e. The van der Waals surface area contributed by atoms with Crippen molar-refractivity contribution >= 4 is 27.3 Å². The van der Waals surface area contributed by atoms with Crippen LogP contribution in [0, 0.1) is 0 Å². The van der Waals surface area contributed by atoms with E-state index in [9.17, 15) is 13.2 Å². The zero-order chi connectivity index (χ0) is 24.6. The Morgan fingerprint density at radius 3 is 2.74 bits per heavy atom. The second-order valence-corrected chi connectivity index (χ2v) is 12.1. The summed E-state index contributed by atoms with van der Waals surface area (Å²) in [4.78, 5) is 12.7. The molecule has 1 saturated heterocycles. The monoisotopic (exact) mass is 507 g/mol. The molecule has 3 rings (SSSR count). The van der Waals surface area contributed by atoms with Crippen LogP contribution in [0.2, 0.25) is 0 Å². The summed E-state index contributed by atoms with van der Waals surface area (Å²) in [5.41, 5.74) is 6.60. The van der Waals surface area contributed by atoms with Gasteiger partial charge in [-0.15, -0.1) is 11.3 Å². The van der Waals surface area contributed by atoms with Crippen LogP contribution in [-0.4, -0.2) is 51.4 Å². The highest BCUT2D eigenvalue weighted by Gasteiger charge is 2.29. The zero-order valence-electron chi connectivity index (χ0n) is 20.2. The summed E-state index contributed by atoms with van der Waals surface area (Å²) in [7, 11) is -2.01. The van der Waals surface area contributed by atoms with Crippen LogP contribution in [0.25, 0.3) is 0 Å². The molecule has 1 unspecified atom stereocenters. The van der Waals surface area contributed by atoms with Gasteiger partial charge in [0.05, 0.1) is 7.11 Å². The van der Waals surface area contributed by atoms with Crippen LogP contribution in [0.15, 0.2) is 34.5 Å². The number of hydrogen-bond acceptors (Lipinski definition) is 6. The standard InChI is InChI=1S/C25H37N3O4S2/c1-3-4-5-6-15-27-19-9-8-16-28(17-14-19)34(30,31)24-13-12-20(33-24)18-22-21(25(26)29)10-7-11-23(22)32-2/h7,10-13,19,27H,3-6,8-9,14-18H2,1-2H3,(H2,26,29). The van der Waals surface area contributed by atoms with Gasteiger partial charge in [0.2, 0.25) is 5.91 Å². The lowest BCUT2D eigenvalue weighted by Gasteiger charge is -2.19. The number of benzene rings is 1. The number of amides is 1. The second-order valence-electron chi connectivity index (χ2n) is 8.79. The van der Waals surface area contributed by atoms with E-state index in [1.54, 1.807) is 35.7 Å². The molecule has 0 radical (unpaired) electrons. The summed E-state index contributed by atoms with van der Waals surface area (Å²) in [6, 6.07) is 9.02. The number of nitrogens with two attached hydrogens (primary N) is 1. The van der Waals surface area contributed by atoms with Gasteiger partial charge >= 0.3 is 0 Å². The smallest absolute Gasteiger partial charge is 0.252 e. The van der Waals surface area contributed by atoms with E-state index in [1.807, 2.05) is 6.07 Å². The SMILES string of the molecule is CCCCCCNC1CCCN(S(=O)(=O)c2ccc(Cc3c(OC)cccc3C(N)=O)s2)CC1. The number of unbranched alkanes of at least 4 members (excludes halogenated alkanes) is 3. The van der Waals surface area contributed by atoms with Crippen LogP contribution in [0.4, 0.5) is 0 Å². The Hall–Kier alpha value is -1.94. The Bertz CT molecular complexity index is 1050. The first-order valence-electron chi connectivity index (χ1n) is 12.1. The summed E-state index contributed by atoms with van der Waals surface area (Å²) in [5.74, 6) is 0.0336. The maximum absolute atomic E-state index is 13.4. The van der Waals surface area contributed by atoms with Gasteiger partial charge < -0.3 is 15.8 Å². The van der Waals surface area contributed by atoms with Crippen LogP contribution < -0.4 is 15.8 Å². The van der Waals surface area contributed by atoms with Crippen molar-refractivity contribution in [3.8, 4) is 5.75 Å². The van der Waals surface area contributed by atoms with Crippen molar-refractivity contribution in [2.24, 2.45) is 5.73 Å². The molecule has 1 aromatic carbocycles. The molecule has 0 spiro atoms. The van der Waals surface area contributed by atoms with Gasteiger partial charge in [-0.25, -0.2) is 8.42 Å². The van der Waals surface area contributed by atoms with Gasteiger partial charge in [-0.2, -0.15) is 4.31 Å². The predicted octanol–water partition coefficient (Wildman–Crippen LogP) is 4.16. The van der Waals surface area contributed by atoms with Crippen LogP contribution in [0.5, 0.6) is 5.75 Å². The number of thiophene rings is 1. The highest BCUT2D eigenvalue weighted by atomic mass is 32.2. The zero-order valence-corrected chi connectivity index (χ0v) is 21.8. The lowest BCUT2D eigenvalue weighted by molar-refractivity contribution is 0.0999. The average molecular weight is 508 g/mol. The van der Waals surface area contributed by atoms with Crippen molar-refractivity contribution in [2.45, 2.75) is 68.5 Å². The molecular weight excluding hydrogens is 470 g/mol. The summed E-state index contributed by atoms with van der Waals surface area (Å²) < 4.78 is 34.1. The molecule has 1 aliphatic heterocycles. The largest absolute Gasteiger partial charge is 0.496 e. The quantitative estimate of drug-likeness (QED) is 0.420. The molecule has 1 fully saturated rings. The number of methoxy groups -OCH3 is 1. The second kappa shape index (κ2) is 12.7. The van der Waals surface area contributed by atoms with Crippen LogP contribution in [-0.2, 0) is 16.4 Å². The number of sulfonamides is 1. The number of nitrogens with one attached hydrogen (secondary N) is 1. The first-order valence-corrected chi connectivity index (χ1v) is 14.4. The molecule has 34 heavy (non-hydrogen) atoms. The van der Waals surface area contributed by atoms with E-state index in [2.05, 4.69) is 12.2 Å². The molecule has 3 N–H and O–H groups in total. The Kier molecular flexibility index (Phi) is 9.94. The van der Waals surface area contributed by atoms with Crippen molar-refractivity contribution in [2.75, 3.05) is 26.7 Å². The highest BCUT2D eigenvalue weighted by Crippen LogP contribution is 2.31. The topological polar surface area (TPSA) is 102 Å². The number of carbonyl (C=O) groups is 1. The third kappa shape index (κ3) is 6.81. The van der Waals surface area contributed by atoms with E-state index in [4.69, 9.17) is 10.5 Å². The minimum Gasteiger partial charge on any atom is -0.496 e. The Balaban J connectivity index is 1.65. The molecule has 2 aromatic rings. The van der Waals surface area contributed by atoms with Crippen LogP contribution >= 0.6 is 11.3 Å². The Morgan fingerprint density at radius 1 is 1.18 bits per heavy atom. The van der Waals surface area contributed by atoms with Crippen LogP contribution in [0.1, 0.15) is 72.7 Å². The lowest BCUT2D eigenvalue weighted by Crippen LogP contribution is -2.34. The Morgan fingerprint density at radius 2 is 2.00 bits per heavy atom. The van der Waals surface area contributed by atoms with E-state index < -0.39 is 15.9 Å². The molecule has 1 atom stereocenters. The first-order chi connectivity index (χ1) is 16.4. The van der Waals surface area contributed by atoms with E-state index in [-0.39, 0.29) is 0 Å². The van der Waals surface area contributed by atoms with Gasteiger partial charge in [0.25, 0.3) is 10.0 Å². The molecule has 0 bridgehead atoms. The number of rotatable bonds is 12. The summed E-state index contributed by atoms with van der Waals surface area (Å²) in [6.45, 7) is 4.28. The molecule has 0 saturated carbocycles. The van der Waals surface area contributed by atoms with Gasteiger partial charge in [-0.05, 0) is 56.5 Å². The van der Waals surface area contributed by atoms with Crippen molar-refractivity contribution in [3.05, 3.63) is 46.3 Å². The molecule has 1 aliphatic rings. The first kappa shape index (κ1) is 26.7. The minimum atomic E-state index is -3.55.